The zero-order valence-electron chi connectivity index (χ0n) is 19.4. The first-order valence-corrected chi connectivity index (χ1v) is 12.3. The molecule has 1 aliphatic heterocycles. The van der Waals surface area contributed by atoms with Gasteiger partial charge in [0.1, 0.15) is 11.5 Å². The van der Waals surface area contributed by atoms with Crippen molar-refractivity contribution in [2.24, 2.45) is 0 Å². The molecule has 2 aromatic rings. The summed E-state index contributed by atoms with van der Waals surface area (Å²) in [5.74, 6) is 1.36. The molecule has 0 aliphatic carbocycles. The molecule has 0 N–H and O–H groups in total. The number of benzene rings is 2. The van der Waals surface area contributed by atoms with Gasteiger partial charge in [-0.15, -0.1) is 0 Å². The van der Waals surface area contributed by atoms with Gasteiger partial charge in [-0.2, -0.15) is 4.67 Å². The van der Waals surface area contributed by atoms with Crippen LogP contribution in [0.15, 0.2) is 59.7 Å². The van der Waals surface area contributed by atoms with E-state index in [0.29, 0.717) is 11.1 Å². The number of piperidine rings is 1. The Bertz CT molecular complexity index is 980. The zero-order chi connectivity index (χ0) is 23.8. The summed E-state index contributed by atoms with van der Waals surface area (Å²) in [6.45, 7) is 4.31. The standard InChI is InChI=1S/C25H30NO6P/c1-5-31-33(28,32-6-2)26-17-21(15-19-7-11-23(29-3)12-8-19)25(27)22(18-26)16-20-9-13-24(30-4)14-10-20/h7-16H,5-6,17-18H2,1-4H3/b21-15+,22-16+. The van der Waals surface area contributed by atoms with Crippen LogP contribution >= 0.6 is 7.75 Å². The molecule has 0 saturated carbocycles. The molecule has 33 heavy (non-hydrogen) atoms. The highest BCUT2D eigenvalue weighted by atomic mass is 31.2. The maximum absolute atomic E-state index is 13.5. The third kappa shape index (κ3) is 6.21. The van der Waals surface area contributed by atoms with E-state index in [9.17, 15) is 9.36 Å². The van der Waals surface area contributed by atoms with Crippen LogP contribution in [0.4, 0.5) is 0 Å². The van der Waals surface area contributed by atoms with Crippen LogP contribution in [0.5, 0.6) is 11.5 Å². The lowest BCUT2D eigenvalue weighted by Gasteiger charge is -2.34. The molecule has 176 valence electrons. The third-order valence-electron chi connectivity index (χ3n) is 5.13. The van der Waals surface area contributed by atoms with Gasteiger partial charge in [0.25, 0.3) is 0 Å². The molecule has 8 heteroatoms. The Kier molecular flexibility index (Phi) is 8.64. The summed E-state index contributed by atoms with van der Waals surface area (Å²) in [6, 6.07) is 14.8. The minimum atomic E-state index is -3.57. The van der Waals surface area contributed by atoms with Crippen molar-refractivity contribution in [3.63, 3.8) is 0 Å². The summed E-state index contributed by atoms with van der Waals surface area (Å²) in [6.07, 6.45) is 3.61. The van der Waals surface area contributed by atoms with Gasteiger partial charge in [0.15, 0.2) is 5.78 Å². The number of ether oxygens (including phenoxy) is 2. The second-order valence-electron chi connectivity index (χ2n) is 7.34. The fourth-order valence-electron chi connectivity index (χ4n) is 3.52. The monoisotopic (exact) mass is 471 g/mol. The van der Waals surface area contributed by atoms with E-state index in [1.54, 1.807) is 44.9 Å². The summed E-state index contributed by atoms with van der Waals surface area (Å²) in [4.78, 5) is 13.4. The lowest BCUT2D eigenvalue weighted by atomic mass is 9.95. The van der Waals surface area contributed by atoms with Gasteiger partial charge in [-0.3, -0.25) is 13.8 Å². The first-order chi connectivity index (χ1) is 15.9. The van der Waals surface area contributed by atoms with Crippen LogP contribution in [0.2, 0.25) is 0 Å². The number of hydrogen-bond donors (Lipinski definition) is 0. The average Bonchev–Trinajstić information content (AvgIpc) is 2.82. The molecule has 0 radical (unpaired) electrons. The third-order valence-corrected chi connectivity index (χ3v) is 7.28. The second-order valence-corrected chi connectivity index (χ2v) is 9.36. The van der Waals surface area contributed by atoms with Crippen molar-refractivity contribution in [3.05, 3.63) is 70.8 Å². The van der Waals surface area contributed by atoms with Gasteiger partial charge >= 0.3 is 7.75 Å². The number of Topliss-reactive ketones (excluding diaryl/α,β-unsaturated/α-hetero) is 1. The lowest BCUT2D eigenvalue weighted by Crippen LogP contribution is -2.36. The van der Waals surface area contributed by atoms with Crippen LogP contribution in [0.1, 0.15) is 25.0 Å². The topological polar surface area (TPSA) is 74.3 Å². The average molecular weight is 471 g/mol. The largest absolute Gasteiger partial charge is 0.497 e. The van der Waals surface area contributed by atoms with Crippen LogP contribution in [0.3, 0.4) is 0 Å². The lowest BCUT2D eigenvalue weighted by molar-refractivity contribution is -0.113. The normalized spacial score (nSPS) is 17.5. The molecule has 2 aromatic carbocycles. The molecule has 1 aliphatic rings. The van der Waals surface area contributed by atoms with Gasteiger partial charge < -0.3 is 9.47 Å². The Balaban J connectivity index is 2.02. The predicted molar refractivity (Wildman–Crippen MR) is 129 cm³/mol. The number of nitrogens with zero attached hydrogens (tertiary/aromatic N) is 1. The van der Waals surface area contributed by atoms with Crippen molar-refractivity contribution in [2.75, 3.05) is 40.5 Å². The van der Waals surface area contributed by atoms with E-state index in [0.717, 1.165) is 22.6 Å². The predicted octanol–water partition coefficient (Wildman–Crippen LogP) is 5.24. The summed E-state index contributed by atoms with van der Waals surface area (Å²) >= 11 is 0. The van der Waals surface area contributed by atoms with E-state index < -0.39 is 7.75 Å². The maximum atomic E-state index is 13.5. The summed E-state index contributed by atoms with van der Waals surface area (Å²) in [5, 5.41) is 0. The van der Waals surface area contributed by atoms with Crippen molar-refractivity contribution in [3.8, 4) is 11.5 Å². The molecule has 0 aromatic heterocycles. The zero-order valence-corrected chi connectivity index (χ0v) is 20.3. The van der Waals surface area contributed by atoms with Crippen molar-refractivity contribution in [1.82, 2.24) is 4.67 Å². The van der Waals surface area contributed by atoms with Crippen molar-refractivity contribution in [1.29, 1.82) is 0 Å². The van der Waals surface area contributed by atoms with Crippen LogP contribution in [-0.2, 0) is 18.4 Å². The molecular weight excluding hydrogens is 441 g/mol. The Morgan fingerprint density at radius 1 is 0.788 bits per heavy atom. The molecule has 0 unspecified atom stereocenters. The molecule has 3 rings (SSSR count). The Morgan fingerprint density at radius 3 is 1.52 bits per heavy atom. The van der Waals surface area contributed by atoms with Gasteiger partial charge in [-0.25, -0.2) is 4.57 Å². The molecule has 0 bridgehead atoms. The quantitative estimate of drug-likeness (QED) is 0.366. The SMILES string of the molecule is CCOP(=O)(OCC)N1C/C(=C\c2ccc(OC)cc2)C(=O)/C(=C/c2ccc(OC)cc2)C1. The Morgan fingerprint density at radius 2 is 1.18 bits per heavy atom. The van der Waals surface area contributed by atoms with E-state index in [1.165, 1.54) is 0 Å². The summed E-state index contributed by atoms with van der Waals surface area (Å²) < 4.78 is 36.7. The maximum Gasteiger partial charge on any atom is 0.408 e. The van der Waals surface area contributed by atoms with Crippen LogP contribution in [-0.4, -0.2) is 51.0 Å². The van der Waals surface area contributed by atoms with Gasteiger partial charge in [0, 0.05) is 24.2 Å². The molecule has 0 amide bonds. The van der Waals surface area contributed by atoms with Crippen molar-refractivity contribution in [2.45, 2.75) is 13.8 Å². The van der Waals surface area contributed by atoms with Gasteiger partial charge in [0.05, 0.1) is 27.4 Å². The van der Waals surface area contributed by atoms with Gasteiger partial charge in [0.2, 0.25) is 0 Å². The van der Waals surface area contributed by atoms with E-state index in [4.69, 9.17) is 18.5 Å². The first-order valence-electron chi connectivity index (χ1n) is 10.8. The fourth-order valence-corrected chi connectivity index (χ4v) is 5.23. The van der Waals surface area contributed by atoms with Gasteiger partial charge in [-0.05, 0) is 61.4 Å². The van der Waals surface area contributed by atoms with Crippen LogP contribution in [0, 0.1) is 0 Å². The number of ketones is 1. The number of carbonyl (C=O) groups is 1. The van der Waals surface area contributed by atoms with E-state index in [-0.39, 0.29) is 32.1 Å². The smallest absolute Gasteiger partial charge is 0.408 e. The second kappa shape index (κ2) is 11.4. The minimum absolute atomic E-state index is 0.0996. The van der Waals surface area contributed by atoms with E-state index >= 15 is 0 Å². The number of carbonyl (C=O) groups excluding carboxylic acids is 1. The van der Waals surface area contributed by atoms with Crippen LogP contribution < -0.4 is 9.47 Å². The highest BCUT2D eigenvalue weighted by molar-refractivity contribution is 7.51. The van der Waals surface area contributed by atoms with Gasteiger partial charge in [-0.1, -0.05) is 24.3 Å². The summed E-state index contributed by atoms with van der Waals surface area (Å²) in [5.41, 5.74) is 2.69. The molecule has 1 heterocycles. The highest BCUT2D eigenvalue weighted by Crippen LogP contribution is 2.53. The first kappa shape index (κ1) is 24.9. The number of hydrogen-bond acceptors (Lipinski definition) is 6. The molecular formula is C25H30NO6P. The minimum Gasteiger partial charge on any atom is -0.497 e. The fraction of sp³-hybridized carbons (Fsp3) is 0.320. The number of rotatable bonds is 9. The molecule has 7 nitrogen and oxygen atoms in total. The van der Waals surface area contributed by atoms with E-state index in [1.807, 2.05) is 48.5 Å². The molecule has 0 atom stereocenters. The molecule has 1 fully saturated rings. The van der Waals surface area contributed by atoms with Crippen molar-refractivity contribution >= 4 is 25.7 Å². The highest BCUT2D eigenvalue weighted by Gasteiger charge is 2.39. The molecule has 0 spiro atoms. The van der Waals surface area contributed by atoms with Crippen molar-refractivity contribution < 1.29 is 27.9 Å². The molecule has 1 saturated heterocycles. The summed E-state index contributed by atoms with van der Waals surface area (Å²) in [7, 11) is -0.367. The Hall–Kier alpha value is -2.70. The van der Waals surface area contributed by atoms with E-state index in [2.05, 4.69) is 0 Å². The Labute approximate surface area is 195 Å². The van der Waals surface area contributed by atoms with Crippen LogP contribution in [0.25, 0.3) is 12.2 Å². The number of methoxy groups -OCH3 is 2.